The molecule has 8 aromatic rings. The van der Waals surface area contributed by atoms with E-state index in [9.17, 15) is 4.79 Å². The summed E-state index contributed by atoms with van der Waals surface area (Å²) < 4.78 is 9.36. The van der Waals surface area contributed by atoms with Crippen LogP contribution in [0.2, 0.25) is 0 Å². The fourth-order valence-corrected chi connectivity index (χ4v) is 8.07. The van der Waals surface area contributed by atoms with Gasteiger partial charge in [-0.15, -0.1) is 20.4 Å². The molecule has 300 valence electrons. The summed E-state index contributed by atoms with van der Waals surface area (Å²) in [5.41, 5.74) is 13.0. The Morgan fingerprint density at radius 3 is 1.75 bits per heavy atom. The second-order valence-electron chi connectivity index (χ2n) is 16.3. The third-order valence-electron chi connectivity index (χ3n) is 10.8. The quantitative estimate of drug-likeness (QED) is 0.180. The first-order valence-corrected chi connectivity index (χ1v) is 20.3. The molecule has 14 nitrogen and oxygen atoms in total. The predicted octanol–water partition coefficient (Wildman–Crippen LogP) is 7.31. The van der Waals surface area contributed by atoms with Crippen molar-refractivity contribution in [1.29, 1.82) is 0 Å². The lowest BCUT2D eigenvalue weighted by Gasteiger charge is -2.35. The molecule has 8 heterocycles. The number of nitrogens with zero attached hydrogens (tertiary/aromatic N) is 10. The van der Waals surface area contributed by atoms with Gasteiger partial charge in [0.15, 0.2) is 22.9 Å². The molecule has 2 aromatic carbocycles. The number of piperidine rings is 2. The van der Waals surface area contributed by atoms with Gasteiger partial charge >= 0.3 is 6.09 Å². The summed E-state index contributed by atoms with van der Waals surface area (Å²) in [5, 5.41) is 22.4. The van der Waals surface area contributed by atoms with E-state index < -0.39 is 5.60 Å². The number of nitrogens with one attached hydrogen (secondary N) is 1. The maximum absolute atomic E-state index is 12.3. The number of rotatable bonds is 5. The van der Waals surface area contributed by atoms with E-state index in [1.165, 1.54) is 0 Å². The molecule has 2 fully saturated rings. The van der Waals surface area contributed by atoms with Crippen LogP contribution in [0.25, 0.3) is 56.1 Å². The molecule has 0 spiro atoms. The lowest BCUT2D eigenvalue weighted by molar-refractivity contribution is 0.0500. The lowest BCUT2D eigenvalue weighted by atomic mass is 10.0. The van der Waals surface area contributed by atoms with Crippen molar-refractivity contribution in [2.75, 3.05) is 36.0 Å². The van der Waals surface area contributed by atoms with Gasteiger partial charge in [-0.3, -0.25) is 8.80 Å². The highest BCUT2D eigenvalue weighted by atomic mass is 16.6. The Kier molecular flexibility index (Phi) is 10.2. The molecule has 0 unspecified atom stereocenters. The number of carbonyl (C=O) groups is 1. The van der Waals surface area contributed by atoms with Crippen LogP contribution in [-0.4, -0.2) is 89.1 Å². The number of para-hydroxylation sites is 2. The molecule has 6 aromatic heterocycles. The minimum atomic E-state index is -0.514. The number of ether oxygens (including phenoxy) is 1. The number of aromatic nitrogens is 8. The number of benzene rings is 2. The van der Waals surface area contributed by atoms with E-state index in [4.69, 9.17) is 20.4 Å². The molecule has 1 amide bonds. The summed E-state index contributed by atoms with van der Waals surface area (Å²) in [7, 11) is 0. The van der Waals surface area contributed by atoms with Crippen LogP contribution in [0.3, 0.4) is 0 Å². The number of fused-ring (bicyclic) bond motifs is 4. The summed E-state index contributed by atoms with van der Waals surface area (Å²) in [6.07, 6.45) is 7.64. The molecule has 0 aliphatic carbocycles. The van der Waals surface area contributed by atoms with Crippen LogP contribution in [0.1, 0.15) is 46.5 Å². The third-order valence-corrected chi connectivity index (χ3v) is 10.8. The second-order valence-corrected chi connectivity index (χ2v) is 16.3. The second kappa shape index (κ2) is 15.9. The van der Waals surface area contributed by atoms with Crippen molar-refractivity contribution in [2.24, 2.45) is 5.73 Å². The first-order chi connectivity index (χ1) is 28.7. The van der Waals surface area contributed by atoms with Gasteiger partial charge in [-0.1, -0.05) is 48.5 Å². The van der Waals surface area contributed by atoms with E-state index >= 15 is 0 Å². The fourth-order valence-electron chi connectivity index (χ4n) is 8.07. The highest BCUT2D eigenvalue weighted by Gasteiger charge is 2.26. The highest BCUT2D eigenvalue weighted by molar-refractivity contribution is 5.93. The number of hydrogen-bond acceptors (Lipinski definition) is 11. The number of alkyl carbamates (subject to hydrolysis) is 1. The molecule has 2 aliphatic rings. The molecule has 0 radical (unpaired) electrons. The van der Waals surface area contributed by atoms with Crippen LogP contribution in [0.15, 0.2) is 109 Å². The Labute approximate surface area is 342 Å². The van der Waals surface area contributed by atoms with Crippen molar-refractivity contribution in [3.8, 4) is 23.0 Å². The Bertz CT molecular complexity index is 2770. The first kappa shape index (κ1) is 37.9. The summed E-state index contributed by atoms with van der Waals surface area (Å²) >= 11 is 0. The number of nitrogens with two attached hydrogens (primary N) is 1. The molecule has 14 heteroatoms. The van der Waals surface area contributed by atoms with Crippen molar-refractivity contribution >= 4 is 50.6 Å². The van der Waals surface area contributed by atoms with Gasteiger partial charge in [0.2, 0.25) is 0 Å². The molecule has 59 heavy (non-hydrogen) atoms. The monoisotopic (exact) mass is 788 g/mol. The van der Waals surface area contributed by atoms with Crippen molar-refractivity contribution in [3.05, 3.63) is 109 Å². The topological polar surface area (TPSA) is 157 Å². The Hall–Kier alpha value is -6.67. The first-order valence-electron chi connectivity index (χ1n) is 20.3. The summed E-state index contributed by atoms with van der Waals surface area (Å²) in [6.45, 7) is 9.13. The zero-order valence-electron chi connectivity index (χ0n) is 33.6. The minimum Gasteiger partial charge on any atom is -0.444 e. The standard InChI is InChI=1S/C25H28N6O2.C20H20N6/c1-25(2,3)33-24(32)26-18-9-7-14-30(16-18)20-10-6-8-17-12-13-19(27-22(17)20)23-29-28-21-11-4-5-15-31(21)23;21-15-6-4-11-25(13-15)17-7-3-5-14-9-10-16(22-19(14)17)20-24-23-18-8-1-2-12-26(18)20/h4-6,8,10-13,15,18H,7,9,14,16H2,1-3H3,(H,26,32);1-3,5,7-10,12,15H,4,6,11,13,21H2/t18-;15-/m11/s1. The van der Waals surface area contributed by atoms with Crippen molar-refractivity contribution < 1.29 is 9.53 Å². The average Bonchev–Trinajstić information content (AvgIpc) is 3.88. The van der Waals surface area contributed by atoms with Gasteiger partial charge in [-0.25, -0.2) is 14.8 Å². The van der Waals surface area contributed by atoms with Gasteiger partial charge in [0.1, 0.15) is 17.0 Å². The summed E-state index contributed by atoms with van der Waals surface area (Å²) in [6, 6.07) is 32.7. The van der Waals surface area contributed by atoms with Gasteiger partial charge in [-0.2, -0.15) is 0 Å². The van der Waals surface area contributed by atoms with Crippen LogP contribution in [0.5, 0.6) is 0 Å². The van der Waals surface area contributed by atoms with Crippen molar-refractivity contribution in [1.82, 2.24) is 44.5 Å². The Morgan fingerprint density at radius 1 is 0.661 bits per heavy atom. The Balaban J connectivity index is 0.000000156. The SMILES string of the molecule is CC(C)(C)OC(=O)N[C@@H]1CCCN(c2cccc3ccc(-c4nnc5ccccn45)nc23)C1.N[C@@H]1CCCN(c2cccc3ccc(-c4nnc5ccccn45)nc23)C1. The fraction of sp³-hybridized carbons (Fsp3) is 0.311. The van der Waals surface area contributed by atoms with Crippen LogP contribution >= 0.6 is 0 Å². The molecule has 0 bridgehead atoms. The Morgan fingerprint density at radius 2 is 1.20 bits per heavy atom. The smallest absolute Gasteiger partial charge is 0.407 e. The van der Waals surface area contributed by atoms with Gasteiger partial charge in [0, 0.05) is 61.4 Å². The zero-order chi connectivity index (χ0) is 40.5. The van der Waals surface area contributed by atoms with Gasteiger partial charge in [0.25, 0.3) is 0 Å². The van der Waals surface area contributed by atoms with Crippen molar-refractivity contribution in [2.45, 2.75) is 64.1 Å². The van der Waals surface area contributed by atoms with E-state index in [2.05, 4.69) is 84.0 Å². The van der Waals surface area contributed by atoms with Crippen molar-refractivity contribution in [3.63, 3.8) is 0 Å². The highest BCUT2D eigenvalue weighted by Crippen LogP contribution is 2.32. The number of pyridine rings is 4. The van der Waals surface area contributed by atoms with Gasteiger partial charge in [-0.05, 0) is 95.0 Å². The number of anilines is 2. The number of amides is 1. The van der Waals surface area contributed by atoms with Gasteiger partial charge in [0.05, 0.1) is 22.4 Å². The molecule has 2 saturated heterocycles. The van der Waals surface area contributed by atoms with E-state index in [0.29, 0.717) is 12.4 Å². The molecule has 0 saturated carbocycles. The minimum absolute atomic E-state index is 0.0208. The predicted molar refractivity (Wildman–Crippen MR) is 231 cm³/mol. The average molecular weight is 789 g/mol. The number of hydrogen-bond donors (Lipinski definition) is 2. The number of carbonyl (C=O) groups excluding carboxylic acids is 1. The molecule has 10 rings (SSSR count). The van der Waals surface area contributed by atoms with E-state index in [1.54, 1.807) is 0 Å². The van der Waals surface area contributed by atoms with Gasteiger partial charge < -0.3 is 25.6 Å². The molecule has 3 N–H and O–H groups in total. The maximum Gasteiger partial charge on any atom is 0.407 e. The largest absolute Gasteiger partial charge is 0.444 e. The van der Waals surface area contributed by atoms with E-state index in [-0.39, 0.29) is 18.2 Å². The maximum atomic E-state index is 12.3. The van der Waals surface area contributed by atoms with E-state index in [1.807, 2.05) is 90.5 Å². The summed E-state index contributed by atoms with van der Waals surface area (Å²) in [4.78, 5) is 26.9. The van der Waals surface area contributed by atoms with Crippen LogP contribution < -0.4 is 20.9 Å². The van der Waals surface area contributed by atoms with Crippen LogP contribution in [0, 0.1) is 0 Å². The normalized spacial score (nSPS) is 17.3. The lowest BCUT2D eigenvalue weighted by Crippen LogP contribution is -2.49. The third kappa shape index (κ3) is 8.08. The zero-order valence-corrected chi connectivity index (χ0v) is 33.6. The molecular formula is C45H48N12O2. The van der Waals surface area contributed by atoms with E-state index in [0.717, 1.165) is 107 Å². The molecule has 2 aliphatic heterocycles. The molecular weight excluding hydrogens is 741 g/mol. The summed E-state index contributed by atoms with van der Waals surface area (Å²) in [5.74, 6) is 1.47. The molecule has 2 atom stereocenters. The van der Waals surface area contributed by atoms with Crippen LogP contribution in [-0.2, 0) is 4.74 Å². The van der Waals surface area contributed by atoms with Crippen LogP contribution in [0.4, 0.5) is 16.2 Å².